The van der Waals surface area contributed by atoms with Gasteiger partial charge < -0.3 is 15.4 Å². The van der Waals surface area contributed by atoms with Crippen LogP contribution in [0.1, 0.15) is 15.9 Å². The first kappa shape index (κ1) is 19.4. The first-order valence-electron chi connectivity index (χ1n) is 8.49. The van der Waals surface area contributed by atoms with Crippen LogP contribution in [0.2, 0.25) is 5.02 Å². The van der Waals surface area contributed by atoms with Crippen molar-refractivity contribution < 1.29 is 14.3 Å². The fraction of sp³-hybridized carbons (Fsp3) is 0.0952. The molecule has 2 amide bonds. The number of hydrogen-bond donors (Lipinski definition) is 2. The molecule has 0 bridgehead atoms. The Balaban J connectivity index is 1.67. The highest BCUT2D eigenvalue weighted by Gasteiger charge is 2.12. The molecule has 2 aromatic carbocycles. The van der Waals surface area contributed by atoms with Crippen molar-refractivity contribution in [1.82, 2.24) is 4.98 Å². The number of carbonyl (C=O) groups is 2. The third-order valence-corrected chi connectivity index (χ3v) is 4.19. The number of pyridine rings is 1. The summed E-state index contributed by atoms with van der Waals surface area (Å²) in [4.78, 5) is 28.5. The van der Waals surface area contributed by atoms with Gasteiger partial charge in [0.1, 0.15) is 5.75 Å². The summed E-state index contributed by atoms with van der Waals surface area (Å²) < 4.78 is 5.34. The Kier molecular flexibility index (Phi) is 6.24. The lowest BCUT2D eigenvalue weighted by Gasteiger charge is -2.13. The minimum atomic E-state index is -0.300. The van der Waals surface area contributed by atoms with Crippen molar-refractivity contribution >= 4 is 34.8 Å². The summed E-state index contributed by atoms with van der Waals surface area (Å²) in [5.74, 6) is -0.0380. The Bertz CT molecular complexity index is 976. The Morgan fingerprint density at radius 3 is 2.54 bits per heavy atom. The van der Waals surface area contributed by atoms with Crippen LogP contribution in [0.25, 0.3) is 0 Å². The standard InChI is InChI=1S/C21H18ClN3O3/c1-28-19-12-17(24-20(26)11-14-4-6-16(22)7-5-14)8-9-18(19)25-21(27)15-3-2-10-23-13-15/h2-10,12-13H,11H2,1H3,(H,24,26)(H,25,27). The smallest absolute Gasteiger partial charge is 0.257 e. The third-order valence-electron chi connectivity index (χ3n) is 3.94. The Labute approximate surface area is 167 Å². The second-order valence-electron chi connectivity index (χ2n) is 5.96. The van der Waals surface area contributed by atoms with Crippen molar-refractivity contribution in [2.24, 2.45) is 0 Å². The zero-order chi connectivity index (χ0) is 19.9. The van der Waals surface area contributed by atoms with E-state index < -0.39 is 0 Å². The molecule has 0 aliphatic rings. The number of anilines is 2. The van der Waals surface area contributed by atoms with Gasteiger partial charge in [0.25, 0.3) is 5.91 Å². The molecule has 1 heterocycles. The molecule has 3 aromatic rings. The summed E-state index contributed by atoms with van der Waals surface area (Å²) in [5, 5.41) is 6.21. The van der Waals surface area contributed by atoms with E-state index in [9.17, 15) is 9.59 Å². The largest absolute Gasteiger partial charge is 0.494 e. The number of ether oxygens (including phenoxy) is 1. The topological polar surface area (TPSA) is 80.3 Å². The summed E-state index contributed by atoms with van der Waals surface area (Å²) in [5.41, 5.74) is 2.35. The van der Waals surface area contributed by atoms with Gasteiger partial charge in [-0.05, 0) is 42.0 Å². The van der Waals surface area contributed by atoms with Crippen LogP contribution >= 0.6 is 11.6 Å². The molecular weight excluding hydrogens is 378 g/mol. The zero-order valence-corrected chi connectivity index (χ0v) is 15.9. The van der Waals surface area contributed by atoms with Crippen molar-refractivity contribution in [2.45, 2.75) is 6.42 Å². The predicted molar refractivity (Wildman–Crippen MR) is 109 cm³/mol. The van der Waals surface area contributed by atoms with Gasteiger partial charge in [0.05, 0.1) is 24.8 Å². The van der Waals surface area contributed by atoms with Gasteiger partial charge in [0.2, 0.25) is 5.91 Å². The van der Waals surface area contributed by atoms with Gasteiger partial charge in [0.15, 0.2) is 0 Å². The molecule has 2 N–H and O–H groups in total. The van der Waals surface area contributed by atoms with E-state index in [4.69, 9.17) is 16.3 Å². The molecule has 0 saturated carbocycles. The number of methoxy groups -OCH3 is 1. The number of benzene rings is 2. The number of aromatic nitrogens is 1. The molecule has 28 heavy (non-hydrogen) atoms. The molecule has 0 spiro atoms. The minimum absolute atomic E-state index is 0.170. The molecule has 0 radical (unpaired) electrons. The molecule has 1 aromatic heterocycles. The van der Waals surface area contributed by atoms with E-state index in [2.05, 4.69) is 15.6 Å². The molecule has 0 saturated heterocycles. The lowest BCUT2D eigenvalue weighted by atomic mass is 10.1. The van der Waals surface area contributed by atoms with Crippen LogP contribution in [-0.2, 0) is 11.2 Å². The second kappa shape index (κ2) is 9.01. The van der Waals surface area contributed by atoms with Crippen LogP contribution in [0.4, 0.5) is 11.4 Å². The van der Waals surface area contributed by atoms with Gasteiger partial charge >= 0.3 is 0 Å². The molecule has 7 heteroatoms. The quantitative estimate of drug-likeness (QED) is 0.656. The molecule has 3 rings (SSSR count). The summed E-state index contributed by atoms with van der Waals surface area (Å²) in [6.45, 7) is 0. The highest BCUT2D eigenvalue weighted by Crippen LogP contribution is 2.28. The number of hydrogen-bond acceptors (Lipinski definition) is 4. The van der Waals surface area contributed by atoms with Crippen molar-refractivity contribution in [3.63, 3.8) is 0 Å². The first-order valence-corrected chi connectivity index (χ1v) is 8.86. The molecule has 0 aliphatic carbocycles. The van der Waals surface area contributed by atoms with Gasteiger partial charge in [-0.1, -0.05) is 23.7 Å². The second-order valence-corrected chi connectivity index (χ2v) is 6.40. The SMILES string of the molecule is COc1cc(NC(=O)Cc2ccc(Cl)cc2)ccc1NC(=O)c1cccnc1. The van der Waals surface area contributed by atoms with Crippen molar-refractivity contribution in [2.75, 3.05) is 17.7 Å². The summed E-state index contributed by atoms with van der Waals surface area (Å²) in [6, 6.07) is 15.5. The van der Waals surface area contributed by atoms with Gasteiger partial charge in [-0.2, -0.15) is 0 Å². The fourth-order valence-corrected chi connectivity index (χ4v) is 2.68. The van der Waals surface area contributed by atoms with E-state index in [1.165, 1.54) is 13.3 Å². The molecule has 0 aliphatic heterocycles. The van der Waals surface area contributed by atoms with Crippen LogP contribution in [0.3, 0.4) is 0 Å². The maximum Gasteiger partial charge on any atom is 0.257 e. The molecular formula is C21H18ClN3O3. The van der Waals surface area contributed by atoms with Crippen LogP contribution in [0.5, 0.6) is 5.75 Å². The van der Waals surface area contributed by atoms with Gasteiger partial charge in [0, 0.05) is 29.2 Å². The van der Waals surface area contributed by atoms with Crippen LogP contribution in [-0.4, -0.2) is 23.9 Å². The number of rotatable bonds is 6. The van der Waals surface area contributed by atoms with E-state index in [0.717, 1.165) is 5.56 Å². The maximum absolute atomic E-state index is 12.3. The lowest BCUT2D eigenvalue weighted by molar-refractivity contribution is -0.115. The molecule has 0 atom stereocenters. The number of amides is 2. The van der Waals surface area contributed by atoms with E-state index >= 15 is 0 Å². The molecule has 0 fully saturated rings. The fourth-order valence-electron chi connectivity index (χ4n) is 2.56. The summed E-state index contributed by atoms with van der Waals surface area (Å²) >= 11 is 5.85. The molecule has 0 unspecified atom stereocenters. The first-order chi connectivity index (χ1) is 13.5. The Morgan fingerprint density at radius 1 is 1.07 bits per heavy atom. The van der Waals surface area contributed by atoms with Gasteiger partial charge in [-0.25, -0.2) is 0 Å². The van der Waals surface area contributed by atoms with Crippen molar-refractivity contribution in [3.05, 3.63) is 83.1 Å². The number of halogens is 1. The lowest BCUT2D eigenvalue weighted by Crippen LogP contribution is -2.15. The minimum Gasteiger partial charge on any atom is -0.494 e. The highest BCUT2D eigenvalue weighted by molar-refractivity contribution is 6.30. The average molecular weight is 396 g/mol. The Morgan fingerprint density at radius 2 is 1.86 bits per heavy atom. The van der Waals surface area contributed by atoms with Crippen molar-refractivity contribution in [1.29, 1.82) is 0 Å². The average Bonchev–Trinajstić information content (AvgIpc) is 2.71. The van der Waals surface area contributed by atoms with Crippen LogP contribution in [0, 0.1) is 0 Å². The van der Waals surface area contributed by atoms with E-state index in [1.807, 2.05) is 0 Å². The predicted octanol–water partition coefficient (Wildman–Crippen LogP) is 4.18. The monoisotopic (exact) mass is 395 g/mol. The van der Waals surface area contributed by atoms with Gasteiger partial charge in [-0.15, -0.1) is 0 Å². The Hall–Kier alpha value is -3.38. The van der Waals surface area contributed by atoms with E-state index in [0.29, 0.717) is 27.7 Å². The molecule has 6 nitrogen and oxygen atoms in total. The summed E-state index contributed by atoms with van der Waals surface area (Å²) in [6.07, 6.45) is 3.30. The number of nitrogens with zero attached hydrogens (tertiary/aromatic N) is 1. The normalized spacial score (nSPS) is 10.2. The maximum atomic E-state index is 12.3. The number of carbonyl (C=O) groups excluding carboxylic acids is 2. The van der Waals surface area contributed by atoms with Crippen LogP contribution in [0.15, 0.2) is 67.0 Å². The third kappa shape index (κ3) is 5.08. The van der Waals surface area contributed by atoms with Crippen LogP contribution < -0.4 is 15.4 Å². The molecule has 142 valence electrons. The van der Waals surface area contributed by atoms with E-state index in [1.54, 1.807) is 60.8 Å². The summed E-state index contributed by atoms with van der Waals surface area (Å²) in [7, 11) is 1.49. The van der Waals surface area contributed by atoms with E-state index in [-0.39, 0.29) is 18.2 Å². The highest BCUT2D eigenvalue weighted by atomic mass is 35.5. The number of nitrogens with one attached hydrogen (secondary N) is 2. The zero-order valence-electron chi connectivity index (χ0n) is 15.1. The van der Waals surface area contributed by atoms with Gasteiger partial charge in [-0.3, -0.25) is 14.6 Å². The van der Waals surface area contributed by atoms with Crippen molar-refractivity contribution in [3.8, 4) is 5.75 Å².